The van der Waals surface area contributed by atoms with E-state index in [1.54, 1.807) is 0 Å². The van der Waals surface area contributed by atoms with Crippen LogP contribution in [0.5, 0.6) is 0 Å². The number of aliphatic imine (C=N–C) groups is 1. The first-order valence-corrected chi connectivity index (χ1v) is 5.21. The lowest BCUT2D eigenvalue weighted by Gasteiger charge is -2.33. The lowest BCUT2D eigenvalue weighted by atomic mass is 9.95. The molecule has 1 aliphatic heterocycles. The highest BCUT2D eigenvalue weighted by Crippen LogP contribution is 2.19. The molecule has 0 unspecified atom stereocenters. The van der Waals surface area contributed by atoms with Crippen LogP contribution in [0, 0.1) is 5.92 Å². The molecule has 1 aliphatic rings. The van der Waals surface area contributed by atoms with Crippen molar-refractivity contribution in [3.63, 3.8) is 0 Å². The fourth-order valence-corrected chi connectivity index (χ4v) is 1.96. The molecule has 0 aromatic carbocycles. The summed E-state index contributed by atoms with van der Waals surface area (Å²) in [5, 5.41) is 3.13. The molecular formula is C10H21N3. The van der Waals surface area contributed by atoms with Gasteiger partial charge in [0, 0.05) is 27.2 Å². The zero-order chi connectivity index (χ0) is 9.68. The van der Waals surface area contributed by atoms with Crippen LogP contribution in [0.2, 0.25) is 0 Å². The van der Waals surface area contributed by atoms with Gasteiger partial charge in [-0.15, -0.1) is 0 Å². The Bertz CT molecular complexity index is 169. The van der Waals surface area contributed by atoms with Gasteiger partial charge in [-0.05, 0) is 18.8 Å². The van der Waals surface area contributed by atoms with Crippen LogP contribution in [0.25, 0.3) is 0 Å². The third kappa shape index (κ3) is 2.61. The summed E-state index contributed by atoms with van der Waals surface area (Å²) >= 11 is 0. The third-order valence-corrected chi connectivity index (χ3v) is 2.93. The van der Waals surface area contributed by atoms with Gasteiger partial charge in [0.05, 0.1) is 0 Å². The first-order valence-electron chi connectivity index (χ1n) is 5.21. The molecule has 0 spiro atoms. The molecule has 76 valence electrons. The maximum absolute atomic E-state index is 4.21. The predicted molar refractivity (Wildman–Crippen MR) is 57.0 cm³/mol. The Morgan fingerprint density at radius 1 is 1.46 bits per heavy atom. The van der Waals surface area contributed by atoms with Crippen molar-refractivity contribution in [3.8, 4) is 0 Å². The van der Waals surface area contributed by atoms with Gasteiger partial charge in [-0.1, -0.05) is 13.3 Å². The van der Waals surface area contributed by atoms with E-state index >= 15 is 0 Å². The van der Waals surface area contributed by atoms with E-state index in [0.29, 0.717) is 0 Å². The molecule has 0 atom stereocenters. The Morgan fingerprint density at radius 2 is 2.08 bits per heavy atom. The van der Waals surface area contributed by atoms with E-state index < -0.39 is 0 Å². The minimum atomic E-state index is 0.936. The summed E-state index contributed by atoms with van der Waals surface area (Å²) in [6, 6.07) is 0. The number of hydrogen-bond acceptors (Lipinski definition) is 1. The summed E-state index contributed by atoms with van der Waals surface area (Å²) in [6.07, 6.45) is 3.96. The van der Waals surface area contributed by atoms with Crippen LogP contribution >= 0.6 is 0 Å². The highest BCUT2D eigenvalue weighted by atomic mass is 15.3. The Balaban J connectivity index is 2.40. The Labute approximate surface area is 81.2 Å². The molecule has 0 radical (unpaired) electrons. The van der Waals surface area contributed by atoms with E-state index in [0.717, 1.165) is 25.0 Å². The van der Waals surface area contributed by atoms with E-state index in [4.69, 9.17) is 0 Å². The molecule has 0 aliphatic carbocycles. The molecule has 1 heterocycles. The topological polar surface area (TPSA) is 27.6 Å². The van der Waals surface area contributed by atoms with Crippen LogP contribution in [-0.2, 0) is 0 Å². The zero-order valence-electron chi connectivity index (χ0n) is 9.01. The molecule has 3 nitrogen and oxygen atoms in total. The molecular weight excluding hydrogens is 162 g/mol. The fourth-order valence-electron chi connectivity index (χ4n) is 1.96. The van der Waals surface area contributed by atoms with Gasteiger partial charge in [0.1, 0.15) is 0 Å². The van der Waals surface area contributed by atoms with Crippen molar-refractivity contribution in [3.05, 3.63) is 0 Å². The molecule has 1 saturated heterocycles. The maximum Gasteiger partial charge on any atom is 0.193 e. The Hall–Kier alpha value is -0.730. The van der Waals surface area contributed by atoms with Crippen molar-refractivity contribution in [2.75, 3.05) is 27.2 Å². The van der Waals surface area contributed by atoms with Crippen LogP contribution in [0.1, 0.15) is 26.2 Å². The van der Waals surface area contributed by atoms with E-state index in [1.807, 2.05) is 14.1 Å². The summed E-state index contributed by atoms with van der Waals surface area (Å²) in [5.74, 6) is 1.97. The van der Waals surface area contributed by atoms with Gasteiger partial charge in [-0.3, -0.25) is 4.99 Å². The number of likely N-dealkylation sites (tertiary alicyclic amines) is 1. The van der Waals surface area contributed by atoms with E-state index in [2.05, 4.69) is 22.1 Å². The molecule has 1 rings (SSSR count). The summed E-state index contributed by atoms with van der Waals surface area (Å²) in [7, 11) is 3.78. The summed E-state index contributed by atoms with van der Waals surface area (Å²) in [5.41, 5.74) is 0. The van der Waals surface area contributed by atoms with Crippen molar-refractivity contribution < 1.29 is 0 Å². The van der Waals surface area contributed by atoms with Crippen LogP contribution < -0.4 is 5.32 Å². The van der Waals surface area contributed by atoms with Crippen molar-refractivity contribution in [2.24, 2.45) is 10.9 Å². The standard InChI is InChI=1S/C10H21N3/c1-4-9-5-7-13(8-6-9)10(11-2)12-3/h9H,4-8H2,1-3H3,(H,11,12). The van der Waals surface area contributed by atoms with Crippen molar-refractivity contribution >= 4 is 5.96 Å². The van der Waals surface area contributed by atoms with Crippen LogP contribution in [0.3, 0.4) is 0 Å². The predicted octanol–water partition coefficient (Wildman–Crippen LogP) is 1.31. The Kier molecular flexibility index (Phi) is 4.06. The van der Waals surface area contributed by atoms with Gasteiger partial charge >= 0.3 is 0 Å². The van der Waals surface area contributed by atoms with Crippen LogP contribution in [-0.4, -0.2) is 38.0 Å². The molecule has 0 amide bonds. The van der Waals surface area contributed by atoms with Crippen LogP contribution in [0.4, 0.5) is 0 Å². The zero-order valence-corrected chi connectivity index (χ0v) is 9.01. The van der Waals surface area contributed by atoms with E-state index in [1.165, 1.54) is 19.3 Å². The van der Waals surface area contributed by atoms with Gasteiger partial charge in [0.2, 0.25) is 0 Å². The first kappa shape index (κ1) is 10.4. The molecule has 1 N–H and O–H groups in total. The molecule has 0 saturated carbocycles. The quantitative estimate of drug-likeness (QED) is 0.490. The SMILES string of the molecule is CCC1CCN(C(=NC)NC)CC1. The highest BCUT2D eigenvalue weighted by Gasteiger charge is 2.19. The molecule has 3 heteroatoms. The van der Waals surface area contributed by atoms with E-state index in [-0.39, 0.29) is 0 Å². The molecule has 0 bridgehead atoms. The number of nitrogens with zero attached hydrogens (tertiary/aromatic N) is 2. The van der Waals surface area contributed by atoms with Crippen molar-refractivity contribution in [2.45, 2.75) is 26.2 Å². The lowest BCUT2D eigenvalue weighted by Crippen LogP contribution is -2.44. The average Bonchev–Trinajstić information content (AvgIpc) is 2.21. The highest BCUT2D eigenvalue weighted by molar-refractivity contribution is 5.79. The number of piperidine rings is 1. The van der Waals surface area contributed by atoms with Gasteiger partial charge in [-0.25, -0.2) is 0 Å². The van der Waals surface area contributed by atoms with Crippen LogP contribution in [0.15, 0.2) is 4.99 Å². The van der Waals surface area contributed by atoms with Crippen molar-refractivity contribution in [1.82, 2.24) is 10.2 Å². The first-order chi connectivity index (χ1) is 6.31. The van der Waals surface area contributed by atoms with Gasteiger partial charge in [0.25, 0.3) is 0 Å². The number of rotatable bonds is 1. The smallest absolute Gasteiger partial charge is 0.193 e. The van der Waals surface area contributed by atoms with Gasteiger partial charge in [0.15, 0.2) is 5.96 Å². The van der Waals surface area contributed by atoms with Gasteiger partial charge in [-0.2, -0.15) is 0 Å². The maximum atomic E-state index is 4.21. The molecule has 0 aromatic rings. The number of nitrogens with one attached hydrogen (secondary N) is 1. The van der Waals surface area contributed by atoms with Crippen molar-refractivity contribution in [1.29, 1.82) is 0 Å². The number of hydrogen-bond donors (Lipinski definition) is 1. The second kappa shape index (κ2) is 5.10. The fraction of sp³-hybridized carbons (Fsp3) is 0.900. The largest absolute Gasteiger partial charge is 0.359 e. The minimum Gasteiger partial charge on any atom is -0.359 e. The van der Waals surface area contributed by atoms with Gasteiger partial charge < -0.3 is 10.2 Å². The Morgan fingerprint density at radius 3 is 2.46 bits per heavy atom. The summed E-state index contributed by atoms with van der Waals surface area (Å²) < 4.78 is 0. The third-order valence-electron chi connectivity index (χ3n) is 2.93. The summed E-state index contributed by atoms with van der Waals surface area (Å²) in [6.45, 7) is 4.60. The lowest BCUT2D eigenvalue weighted by molar-refractivity contribution is 0.256. The molecule has 13 heavy (non-hydrogen) atoms. The minimum absolute atomic E-state index is 0.936. The second-order valence-corrected chi connectivity index (χ2v) is 3.64. The monoisotopic (exact) mass is 183 g/mol. The molecule has 0 aromatic heterocycles. The number of guanidine groups is 1. The average molecular weight is 183 g/mol. The normalized spacial score (nSPS) is 20.5. The molecule has 1 fully saturated rings. The van der Waals surface area contributed by atoms with E-state index in [9.17, 15) is 0 Å². The summed E-state index contributed by atoms with van der Waals surface area (Å²) in [4.78, 5) is 6.55. The second-order valence-electron chi connectivity index (χ2n) is 3.64.